The summed E-state index contributed by atoms with van der Waals surface area (Å²) in [5.74, 6) is 2.65. The molecular formula is C18H26N4O2. The first-order valence-corrected chi connectivity index (χ1v) is 9.27. The maximum absolute atomic E-state index is 13.0. The zero-order chi connectivity index (χ0) is 16.5. The number of aromatic nitrogens is 4. The molecular weight excluding hydrogens is 304 g/mol. The fourth-order valence-corrected chi connectivity index (χ4v) is 4.17. The Hall–Kier alpha value is -1.69. The molecule has 2 aliphatic rings. The molecule has 2 aromatic rings. The predicted molar refractivity (Wildman–Crippen MR) is 91.4 cm³/mol. The SMILES string of the molecule is Cc1nn2c(C3CCOCC3)ncc2c(=O)n1CC1CCCCC1. The lowest BCUT2D eigenvalue weighted by Gasteiger charge is -2.23. The van der Waals surface area contributed by atoms with Gasteiger partial charge in [-0.1, -0.05) is 19.3 Å². The molecule has 0 N–H and O–H groups in total. The Morgan fingerprint density at radius 3 is 2.67 bits per heavy atom. The molecule has 0 aromatic carbocycles. The second-order valence-electron chi connectivity index (χ2n) is 7.27. The van der Waals surface area contributed by atoms with Gasteiger partial charge in [0.05, 0.1) is 6.20 Å². The predicted octanol–water partition coefficient (Wildman–Crippen LogP) is 2.67. The van der Waals surface area contributed by atoms with Gasteiger partial charge in [0.25, 0.3) is 5.56 Å². The van der Waals surface area contributed by atoms with Crippen LogP contribution in [0.2, 0.25) is 0 Å². The highest BCUT2D eigenvalue weighted by molar-refractivity contribution is 5.43. The van der Waals surface area contributed by atoms with Crippen LogP contribution in [0.3, 0.4) is 0 Å². The standard InChI is InChI=1S/C18H26N4O2/c1-13-20-22-16(11-19-17(22)15-7-9-24-10-8-15)18(23)21(13)12-14-5-3-2-4-6-14/h11,14-15H,2-10,12H2,1H3. The number of fused-ring (bicyclic) bond motifs is 1. The molecule has 1 saturated heterocycles. The van der Waals surface area contributed by atoms with E-state index >= 15 is 0 Å². The minimum atomic E-state index is 0.0545. The molecule has 0 unspecified atom stereocenters. The van der Waals surface area contributed by atoms with Crippen LogP contribution in [0.15, 0.2) is 11.0 Å². The first-order chi connectivity index (χ1) is 11.7. The summed E-state index contributed by atoms with van der Waals surface area (Å²) in [6.45, 7) is 4.26. The number of ether oxygens (including phenoxy) is 1. The van der Waals surface area contributed by atoms with E-state index in [1.165, 1.54) is 32.1 Å². The average molecular weight is 330 g/mol. The molecule has 0 bridgehead atoms. The molecule has 0 spiro atoms. The van der Waals surface area contributed by atoms with Crippen molar-refractivity contribution in [1.82, 2.24) is 19.2 Å². The zero-order valence-electron chi connectivity index (χ0n) is 14.4. The fourth-order valence-electron chi connectivity index (χ4n) is 4.17. The molecule has 1 saturated carbocycles. The number of aryl methyl sites for hydroxylation is 1. The Bertz CT molecular complexity index is 767. The van der Waals surface area contributed by atoms with Crippen molar-refractivity contribution >= 4 is 5.52 Å². The van der Waals surface area contributed by atoms with Crippen LogP contribution >= 0.6 is 0 Å². The van der Waals surface area contributed by atoms with Gasteiger partial charge in [0.15, 0.2) is 5.52 Å². The van der Waals surface area contributed by atoms with Crippen molar-refractivity contribution in [3.05, 3.63) is 28.2 Å². The molecule has 1 aliphatic carbocycles. The lowest BCUT2D eigenvalue weighted by atomic mass is 9.89. The topological polar surface area (TPSA) is 61.4 Å². The molecule has 2 fully saturated rings. The van der Waals surface area contributed by atoms with E-state index in [9.17, 15) is 4.79 Å². The normalized spacial score (nSPS) is 20.7. The van der Waals surface area contributed by atoms with Gasteiger partial charge in [-0.05, 0) is 38.5 Å². The van der Waals surface area contributed by atoms with Crippen molar-refractivity contribution in [2.75, 3.05) is 13.2 Å². The number of rotatable bonds is 3. The quantitative estimate of drug-likeness (QED) is 0.868. The second kappa shape index (κ2) is 6.67. The number of imidazole rings is 1. The molecule has 1 aliphatic heterocycles. The highest BCUT2D eigenvalue weighted by Gasteiger charge is 2.23. The minimum absolute atomic E-state index is 0.0545. The van der Waals surface area contributed by atoms with Crippen LogP contribution in [0.5, 0.6) is 0 Å². The summed E-state index contributed by atoms with van der Waals surface area (Å²) >= 11 is 0. The van der Waals surface area contributed by atoms with Gasteiger partial charge in [-0.15, -0.1) is 0 Å². The lowest BCUT2D eigenvalue weighted by Crippen LogP contribution is -2.30. The zero-order valence-corrected chi connectivity index (χ0v) is 14.4. The highest BCUT2D eigenvalue weighted by atomic mass is 16.5. The minimum Gasteiger partial charge on any atom is -0.381 e. The smallest absolute Gasteiger partial charge is 0.279 e. The second-order valence-corrected chi connectivity index (χ2v) is 7.27. The van der Waals surface area contributed by atoms with Gasteiger partial charge in [-0.2, -0.15) is 5.10 Å². The van der Waals surface area contributed by atoms with Gasteiger partial charge in [0.2, 0.25) is 0 Å². The Kier molecular flexibility index (Phi) is 4.39. The summed E-state index contributed by atoms with van der Waals surface area (Å²) in [4.78, 5) is 17.5. The van der Waals surface area contributed by atoms with E-state index in [-0.39, 0.29) is 5.56 Å². The van der Waals surface area contributed by atoms with Crippen molar-refractivity contribution in [1.29, 1.82) is 0 Å². The van der Waals surface area contributed by atoms with E-state index < -0.39 is 0 Å². The van der Waals surface area contributed by atoms with Crippen LogP contribution in [-0.4, -0.2) is 32.4 Å². The third kappa shape index (κ3) is 2.88. The van der Waals surface area contributed by atoms with E-state index in [4.69, 9.17) is 9.84 Å². The van der Waals surface area contributed by atoms with Crippen molar-refractivity contribution < 1.29 is 4.74 Å². The van der Waals surface area contributed by atoms with Crippen LogP contribution < -0.4 is 5.56 Å². The Morgan fingerprint density at radius 1 is 1.17 bits per heavy atom. The van der Waals surface area contributed by atoms with Gasteiger partial charge in [0.1, 0.15) is 11.6 Å². The molecule has 2 aromatic heterocycles. The highest BCUT2D eigenvalue weighted by Crippen LogP contribution is 2.27. The van der Waals surface area contributed by atoms with Crippen LogP contribution in [-0.2, 0) is 11.3 Å². The van der Waals surface area contributed by atoms with Crippen LogP contribution in [0.1, 0.15) is 62.5 Å². The first kappa shape index (κ1) is 15.8. The van der Waals surface area contributed by atoms with E-state index in [0.717, 1.165) is 44.2 Å². The van der Waals surface area contributed by atoms with E-state index in [2.05, 4.69) is 4.98 Å². The maximum Gasteiger partial charge on any atom is 0.279 e. The molecule has 24 heavy (non-hydrogen) atoms. The third-order valence-electron chi connectivity index (χ3n) is 5.62. The Labute approximate surface area is 141 Å². The molecule has 6 heteroatoms. The largest absolute Gasteiger partial charge is 0.381 e. The van der Waals surface area contributed by atoms with E-state index in [1.54, 1.807) is 10.7 Å². The molecule has 0 amide bonds. The van der Waals surface area contributed by atoms with Crippen LogP contribution in [0.25, 0.3) is 5.52 Å². The maximum atomic E-state index is 13.0. The summed E-state index contributed by atoms with van der Waals surface area (Å²) in [6.07, 6.45) is 9.96. The summed E-state index contributed by atoms with van der Waals surface area (Å²) in [5, 5.41) is 4.71. The number of nitrogens with zero attached hydrogens (tertiary/aromatic N) is 4. The molecule has 130 valence electrons. The Morgan fingerprint density at radius 2 is 1.92 bits per heavy atom. The van der Waals surface area contributed by atoms with Gasteiger partial charge >= 0.3 is 0 Å². The first-order valence-electron chi connectivity index (χ1n) is 9.27. The summed E-state index contributed by atoms with van der Waals surface area (Å²) in [5.41, 5.74) is 0.664. The van der Waals surface area contributed by atoms with Crippen molar-refractivity contribution in [2.45, 2.75) is 64.3 Å². The van der Waals surface area contributed by atoms with E-state index in [1.807, 2.05) is 11.5 Å². The summed E-state index contributed by atoms with van der Waals surface area (Å²) < 4.78 is 9.08. The number of hydrogen-bond donors (Lipinski definition) is 0. The molecule has 0 radical (unpaired) electrons. The fraction of sp³-hybridized carbons (Fsp3) is 0.722. The molecule has 6 nitrogen and oxygen atoms in total. The third-order valence-corrected chi connectivity index (χ3v) is 5.62. The summed E-state index contributed by atoms with van der Waals surface area (Å²) in [7, 11) is 0. The monoisotopic (exact) mass is 330 g/mol. The van der Waals surface area contributed by atoms with Crippen molar-refractivity contribution in [3.63, 3.8) is 0 Å². The van der Waals surface area contributed by atoms with Gasteiger partial charge in [0, 0.05) is 25.7 Å². The van der Waals surface area contributed by atoms with Crippen molar-refractivity contribution in [3.8, 4) is 0 Å². The lowest BCUT2D eigenvalue weighted by molar-refractivity contribution is 0.0832. The van der Waals surface area contributed by atoms with Crippen molar-refractivity contribution in [2.24, 2.45) is 5.92 Å². The average Bonchev–Trinajstić information content (AvgIpc) is 3.04. The molecule has 0 atom stereocenters. The van der Waals surface area contributed by atoms with Gasteiger partial charge in [-0.3, -0.25) is 9.36 Å². The Balaban J connectivity index is 1.68. The summed E-state index contributed by atoms with van der Waals surface area (Å²) in [6, 6.07) is 0. The molecule has 3 heterocycles. The van der Waals surface area contributed by atoms with Gasteiger partial charge in [-0.25, -0.2) is 9.50 Å². The van der Waals surface area contributed by atoms with Gasteiger partial charge < -0.3 is 4.74 Å². The van der Waals surface area contributed by atoms with E-state index in [0.29, 0.717) is 17.4 Å². The van der Waals surface area contributed by atoms with Crippen LogP contribution in [0.4, 0.5) is 0 Å². The van der Waals surface area contributed by atoms with Crippen LogP contribution in [0, 0.1) is 12.8 Å². The number of hydrogen-bond acceptors (Lipinski definition) is 4. The molecule has 4 rings (SSSR count).